The molecule has 0 bridgehead atoms. The first-order valence-electron chi connectivity index (χ1n) is 7.76. The van der Waals surface area contributed by atoms with Gasteiger partial charge in [0.15, 0.2) is 11.9 Å². The summed E-state index contributed by atoms with van der Waals surface area (Å²) in [5.74, 6) is -0.358. The molecule has 0 aliphatic rings. The molecule has 0 spiro atoms. The summed E-state index contributed by atoms with van der Waals surface area (Å²) in [5.41, 5.74) is 0. The van der Waals surface area contributed by atoms with Crippen LogP contribution in [0.4, 0.5) is 11.6 Å². The van der Waals surface area contributed by atoms with E-state index in [2.05, 4.69) is 20.8 Å². The van der Waals surface area contributed by atoms with E-state index in [0.29, 0.717) is 22.4 Å². The smallest absolute Gasteiger partial charge is 0.316 e. The molecule has 0 radical (unpaired) electrons. The van der Waals surface area contributed by atoms with Gasteiger partial charge in [-0.05, 0) is 26.0 Å². The van der Waals surface area contributed by atoms with Crippen molar-refractivity contribution in [2.24, 2.45) is 0 Å². The van der Waals surface area contributed by atoms with Crippen LogP contribution in [0.15, 0.2) is 28.9 Å². The first-order valence-corrected chi connectivity index (χ1v) is 9.29. The second kappa shape index (κ2) is 9.93. The van der Waals surface area contributed by atoms with E-state index in [4.69, 9.17) is 20.9 Å². The number of rotatable bonds is 8. The SMILES string of the molecule is Cc1cc(NC(=O)CSCC(=O)O[C@@H](C)C(=O)Nc2ccc(Cl)cn2)no1. The Labute approximate surface area is 164 Å². The maximum atomic E-state index is 12.0. The van der Waals surface area contributed by atoms with E-state index in [1.165, 1.54) is 19.2 Å². The van der Waals surface area contributed by atoms with E-state index in [0.717, 1.165) is 11.8 Å². The Kier molecular flexibility index (Phi) is 7.62. The fourth-order valence-corrected chi connectivity index (χ4v) is 2.50. The minimum atomic E-state index is -1.01. The number of pyridine rings is 1. The molecule has 2 N–H and O–H groups in total. The maximum Gasteiger partial charge on any atom is 0.316 e. The molecule has 0 fully saturated rings. The molecule has 2 aromatic rings. The average molecular weight is 413 g/mol. The highest BCUT2D eigenvalue weighted by Crippen LogP contribution is 2.11. The van der Waals surface area contributed by atoms with Crippen LogP contribution in [0.5, 0.6) is 0 Å². The highest BCUT2D eigenvalue weighted by molar-refractivity contribution is 8.00. The fraction of sp³-hybridized carbons (Fsp3) is 0.312. The molecule has 2 rings (SSSR count). The van der Waals surface area contributed by atoms with Crippen molar-refractivity contribution >= 4 is 52.8 Å². The van der Waals surface area contributed by atoms with Gasteiger partial charge >= 0.3 is 5.97 Å². The van der Waals surface area contributed by atoms with Crippen molar-refractivity contribution in [2.75, 3.05) is 22.1 Å². The van der Waals surface area contributed by atoms with Crippen LogP contribution in [0.25, 0.3) is 0 Å². The van der Waals surface area contributed by atoms with Gasteiger partial charge in [0.05, 0.1) is 16.5 Å². The van der Waals surface area contributed by atoms with E-state index in [1.54, 1.807) is 19.1 Å². The molecule has 11 heteroatoms. The van der Waals surface area contributed by atoms with Crippen molar-refractivity contribution in [3.8, 4) is 0 Å². The van der Waals surface area contributed by atoms with Crippen molar-refractivity contribution in [3.05, 3.63) is 35.2 Å². The van der Waals surface area contributed by atoms with Crippen LogP contribution in [-0.4, -0.2) is 45.5 Å². The Morgan fingerprint density at radius 3 is 2.67 bits per heavy atom. The molecule has 0 aliphatic heterocycles. The number of esters is 1. The number of halogens is 1. The predicted octanol–water partition coefficient (Wildman–Crippen LogP) is 2.27. The highest BCUT2D eigenvalue weighted by Gasteiger charge is 2.18. The van der Waals surface area contributed by atoms with Crippen LogP contribution < -0.4 is 10.6 Å². The molecular weight excluding hydrogens is 396 g/mol. The quantitative estimate of drug-likeness (QED) is 0.633. The average Bonchev–Trinajstić information content (AvgIpc) is 3.01. The molecule has 0 aromatic carbocycles. The van der Waals surface area contributed by atoms with Crippen molar-refractivity contribution in [1.29, 1.82) is 0 Å². The lowest BCUT2D eigenvalue weighted by atomic mass is 10.3. The van der Waals surface area contributed by atoms with Gasteiger partial charge in [0.25, 0.3) is 5.91 Å². The summed E-state index contributed by atoms with van der Waals surface area (Å²) in [4.78, 5) is 39.4. The minimum absolute atomic E-state index is 0.0241. The Hall–Kier alpha value is -2.59. The van der Waals surface area contributed by atoms with Gasteiger partial charge in [0.2, 0.25) is 5.91 Å². The van der Waals surface area contributed by atoms with Gasteiger partial charge in [-0.2, -0.15) is 0 Å². The van der Waals surface area contributed by atoms with Crippen molar-refractivity contribution < 1.29 is 23.6 Å². The molecule has 2 heterocycles. The summed E-state index contributed by atoms with van der Waals surface area (Å²) in [7, 11) is 0. The lowest BCUT2D eigenvalue weighted by molar-refractivity contribution is -0.150. The lowest BCUT2D eigenvalue weighted by Gasteiger charge is -2.13. The normalized spacial score (nSPS) is 11.5. The standard InChI is InChI=1S/C16H17ClN4O5S/c1-9-5-13(21-26-9)19-14(22)7-27-8-15(23)25-10(2)16(24)20-12-4-3-11(17)6-18-12/h3-6,10H,7-8H2,1-2H3,(H,18,20,24)(H,19,21,22)/t10-/m0/s1. The number of carbonyl (C=O) groups is 3. The molecular formula is C16H17ClN4O5S. The molecule has 0 saturated carbocycles. The number of anilines is 2. The number of nitrogens with one attached hydrogen (secondary N) is 2. The number of amides is 2. The van der Waals surface area contributed by atoms with Crippen LogP contribution in [0.3, 0.4) is 0 Å². The monoisotopic (exact) mass is 412 g/mol. The zero-order chi connectivity index (χ0) is 19.8. The van der Waals surface area contributed by atoms with E-state index in [-0.39, 0.29) is 17.4 Å². The van der Waals surface area contributed by atoms with Gasteiger partial charge < -0.3 is 19.9 Å². The molecule has 144 valence electrons. The summed E-state index contributed by atoms with van der Waals surface area (Å²) in [6.07, 6.45) is 0.373. The van der Waals surface area contributed by atoms with Crippen molar-refractivity contribution in [2.45, 2.75) is 20.0 Å². The number of aryl methyl sites for hydroxylation is 1. The molecule has 1 atom stereocenters. The molecule has 0 saturated heterocycles. The van der Waals surface area contributed by atoms with Crippen LogP contribution >= 0.6 is 23.4 Å². The number of nitrogens with zero attached hydrogens (tertiary/aromatic N) is 2. The third-order valence-corrected chi connectivity index (χ3v) is 4.13. The van der Waals surface area contributed by atoms with Gasteiger partial charge in [0, 0.05) is 12.3 Å². The molecule has 0 unspecified atom stereocenters. The summed E-state index contributed by atoms with van der Waals surface area (Å²) >= 11 is 6.76. The predicted molar refractivity (Wildman–Crippen MR) is 101 cm³/mol. The summed E-state index contributed by atoms with van der Waals surface area (Å²) < 4.78 is 9.85. The zero-order valence-electron chi connectivity index (χ0n) is 14.5. The van der Waals surface area contributed by atoms with Gasteiger partial charge in [-0.3, -0.25) is 14.4 Å². The van der Waals surface area contributed by atoms with Crippen LogP contribution in [-0.2, 0) is 19.1 Å². The second-order valence-electron chi connectivity index (χ2n) is 5.35. The number of aromatic nitrogens is 2. The summed E-state index contributed by atoms with van der Waals surface area (Å²) in [6, 6.07) is 4.68. The number of carbonyl (C=O) groups excluding carboxylic acids is 3. The lowest BCUT2D eigenvalue weighted by Crippen LogP contribution is -2.31. The van der Waals surface area contributed by atoms with Crippen LogP contribution in [0.1, 0.15) is 12.7 Å². The Morgan fingerprint density at radius 2 is 2.04 bits per heavy atom. The molecule has 2 aromatic heterocycles. The molecule has 9 nitrogen and oxygen atoms in total. The fourth-order valence-electron chi connectivity index (χ4n) is 1.79. The molecule has 27 heavy (non-hydrogen) atoms. The molecule has 0 aliphatic carbocycles. The first-order chi connectivity index (χ1) is 12.8. The van der Waals surface area contributed by atoms with Crippen molar-refractivity contribution in [3.63, 3.8) is 0 Å². The number of hydrogen-bond donors (Lipinski definition) is 2. The highest BCUT2D eigenvalue weighted by atomic mass is 35.5. The van der Waals surface area contributed by atoms with Crippen LogP contribution in [0.2, 0.25) is 5.02 Å². The third kappa shape index (κ3) is 7.27. The van der Waals surface area contributed by atoms with Crippen LogP contribution in [0, 0.1) is 6.92 Å². The van der Waals surface area contributed by atoms with E-state index >= 15 is 0 Å². The van der Waals surface area contributed by atoms with Gasteiger partial charge in [-0.25, -0.2) is 4.98 Å². The molecule has 2 amide bonds. The minimum Gasteiger partial charge on any atom is -0.452 e. The van der Waals surface area contributed by atoms with Crippen molar-refractivity contribution in [1.82, 2.24) is 10.1 Å². The Balaban J connectivity index is 1.67. The zero-order valence-corrected chi connectivity index (χ0v) is 16.1. The Bertz CT molecular complexity index is 811. The number of ether oxygens (including phenoxy) is 1. The number of thioether (sulfide) groups is 1. The van der Waals surface area contributed by atoms with Gasteiger partial charge in [-0.1, -0.05) is 16.8 Å². The number of hydrogen-bond acceptors (Lipinski definition) is 8. The topological polar surface area (TPSA) is 123 Å². The largest absolute Gasteiger partial charge is 0.452 e. The second-order valence-corrected chi connectivity index (χ2v) is 6.77. The van der Waals surface area contributed by atoms with Gasteiger partial charge in [-0.15, -0.1) is 11.8 Å². The van der Waals surface area contributed by atoms with E-state index < -0.39 is 18.0 Å². The Morgan fingerprint density at radius 1 is 1.26 bits per heavy atom. The first kappa shape index (κ1) is 20.7. The van der Waals surface area contributed by atoms with E-state index in [1.807, 2.05) is 0 Å². The van der Waals surface area contributed by atoms with Gasteiger partial charge in [0.1, 0.15) is 11.6 Å². The summed E-state index contributed by atoms with van der Waals surface area (Å²) in [6.45, 7) is 3.14. The van der Waals surface area contributed by atoms with E-state index in [9.17, 15) is 14.4 Å². The maximum absolute atomic E-state index is 12.0. The summed E-state index contributed by atoms with van der Waals surface area (Å²) in [5, 5.41) is 9.10. The third-order valence-electron chi connectivity index (χ3n) is 3.00.